The third kappa shape index (κ3) is 2.32. The van der Waals surface area contributed by atoms with Gasteiger partial charge in [0.25, 0.3) is 0 Å². The first kappa shape index (κ1) is 10.7. The van der Waals surface area contributed by atoms with Crippen LogP contribution in [0.3, 0.4) is 0 Å². The summed E-state index contributed by atoms with van der Waals surface area (Å²) < 4.78 is 4.25. The summed E-state index contributed by atoms with van der Waals surface area (Å²) in [6.45, 7) is 4.18. The summed E-state index contributed by atoms with van der Waals surface area (Å²) in [6.07, 6.45) is 0. The van der Waals surface area contributed by atoms with Crippen molar-refractivity contribution >= 4 is 5.69 Å². The minimum absolute atomic E-state index is 0. The Kier molecular flexibility index (Phi) is 4.39. The van der Waals surface area contributed by atoms with Crippen LogP contribution in [0, 0.1) is 13.8 Å². The molecule has 0 saturated heterocycles. The molecule has 0 radical (unpaired) electrons. The topological polar surface area (TPSA) is 43.9 Å². The molecule has 0 atom stereocenters. The SMILES string of the molecule is Cc1cccc(C)c1[N]=[W].O. The zero-order valence-corrected chi connectivity index (χ0v) is 9.52. The van der Waals surface area contributed by atoms with Crippen molar-refractivity contribution in [3.8, 4) is 0 Å². The Hall–Kier alpha value is -0.332. The molecule has 0 aliphatic heterocycles. The molecule has 2 N–H and O–H groups in total. The van der Waals surface area contributed by atoms with E-state index in [1.54, 1.807) is 0 Å². The van der Waals surface area contributed by atoms with Crippen LogP contribution in [0.25, 0.3) is 0 Å². The molecule has 0 fully saturated rings. The molecule has 3 heteroatoms. The zero-order valence-electron chi connectivity index (χ0n) is 6.59. The van der Waals surface area contributed by atoms with Crippen molar-refractivity contribution < 1.29 is 25.1 Å². The molecule has 0 aromatic heterocycles. The number of nitrogens with zero attached hydrogens (tertiary/aromatic N) is 1. The van der Waals surface area contributed by atoms with Crippen molar-refractivity contribution in [3.63, 3.8) is 0 Å². The van der Waals surface area contributed by atoms with E-state index < -0.39 is 0 Å². The maximum Gasteiger partial charge on any atom is -0.412 e. The van der Waals surface area contributed by atoms with Gasteiger partial charge >= 0.3 is 72.0 Å². The first-order valence-corrected chi connectivity index (χ1v) is 4.46. The summed E-state index contributed by atoms with van der Waals surface area (Å²) in [4.78, 5) is 0. The van der Waals surface area contributed by atoms with Gasteiger partial charge < -0.3 is 5.48 Å². The number of hydrogen-bond donors (Lipinski definition) is 0. The minimum Gasteiger partial charge on any atom is -0.412 e. The molecule has 0 heterocycles. The third-order valence-electron chi connectivity index (χ3n) is 1.53. The number of aryl methyl sites for hydroxylation is 2. The van der Waals surface area contributed by atoms with Crippen molar-refractivity contribution in [1.82, 2.24) is 0 Å². The molecule has 0 amide bonds. The first-order valence-electron chi connectivity index (χ1n) is 3.15. The van der Waals surface area contributed by atoms with E-state index in [1.165, 1.54) is 30.8 Å². The maximum absolute atomic E-state index is 4.25. The Morgan fingerprint density at radius 2 is 1.64 bits per heavy atom. The second kappa shape index (κ2) is 4.53. The Morgan fingerprint density at radius 1 is 1.18 bits per heavy atom. The predicted octanol–water partition coefficient (Wildman–Crippen LogP) is 1.84. The minimum atomic E-state index is 0. The Balaban J connectivity index is 0.000001000. The second-order valence-corrected chi connectivity index (χ2v) is 2.99. The summed E-state index contributed by atoms with van der Waals surface area (Å²) in [6, 6.07) is 6.25. The van der Waals surface area contributed by atoms with Gasteiger partial charge in [-0.05, 0) is 0 Å². The molecule has 0 saturated carbocycles. The summed E-state index contributed by atoms with van der Waals surface area (Å²) >= 11 is 1.27. The normalized spacial score (nSPS) is 8.55. The van der Waals surface area contributed by atoms with E-state index in [0.717, 1.165) is 5.69 Å². The van der Waals surface area contributed by atoms with Crippen molar-refractivity contribution in [3.05, 3.63) is 29.3 Å². The van der Waals surface area contributed by atoms with Gasteiger partial charge in [0.2, 0.25) is 0 Å². The average Bonchev–Trinajstić information content (AvgIpc) is 1.88. The predicted molar refractivity (Wildman–Crippen MR) is 41.6 cm³/mol. The van der Waals surface area contributed by atoms with Crippen LogP contribution in [-0.4, -0.2) is 5.48 Å². The van der Waals surface area contributed by atoms with Gasteiger partial charge in [-0.3, -0.25) is 0 Å². The molecule has 11 heavy (non-hydrogen) atoms. The Labute approximate surface area is 77.7 Å². The van der Waals surface area contributed by atoms with Gasteiger partial charge in [0.05, 0.1) is 0 Å². The molecule has 1 aromatic carbocycles. The molecular formula is C8H11NOW. The van der Waals surface area contributed by atoms with Crippen molar-refractivity contribution in [2.24, 2.45) is 3.50 Å². The Bertz CT molecular complexity index is 240. The molecule has 0 aliphatic rings. The van der Waals surface area contributed by atoms with Gasteiger partial charge in [0.1, 0.15) is 0 Å². The van der Waals surface area contributed by atoms with Crippen LogP contribution in [0.1, 0.15) is 11.1 Å². The van der Waals surface area contributed by atoms with Crippen LogP contribution in [0.5, 0.6) is 0 Å². The van der Waals surface area contributed by atoms with Crippen molar-refractivity contribution in [2.45, 2.75) is 13.8 Å². The fourth-order valence-electron chi connectivity index (χ4n) is 0.950. The second-order valence-electron chi connectivity index (χ2n) is 2.33. The summed E-state index contributed by atoms with van der Waals surface area (Å²) in [7, 11) is 0. The molecule has 60 valence electrons. The van der Waals surface area contributed by atoms with E-state index in [1.807, 2.05) is 0 Å². The van der Waals surface area contributed by atoms with Crippen molar-refractivity contribution in [2.75, 3.05) is 0 Å². The van der Waals surface area contributed by atoms with E-state index in [9.17, 15) is 0 Å². The first-order chi connectivity index (χ1) is 4.75. The quantitative estimate of drug-likeness (QED) is 0.758. The van der Waals surface area contributed by atoms with Gasteiger partial charge in [-0.25, -0.2) is 0 Å². The fraction of sp³-hybridized carbons (Fsp3) is 0.250. The number of rotatable bonds is 1. The average molecular weight is 321 g/mol. The fourth-order valence-corrected chi connectivity index (χ4v) is 1.98. The largest absolute Gasteiger partial charge is 0.412 e. The van der Waals surface area contributed by atoms with Gasteiger partial charge in [0.15, 0.2) is 0 Å². The summed E-state index contributed by atoms with van der Waals surface area (Å²) in [5.74, 6) is 0. The molecule has 1 aromatic rings. The van der Waals surface area contributed by atoms with E-state index >= 15 is 0 Å². The third-order valence-corrected chi connectivity index (χ3v) is 2.19. The van der Waals surface area contributed by atoms with Crippen LogP contribution in [-0.2, 0) is 19.6 Å². The summed E-state index contributed by atoms with van der Waals surface area (Å²) in [5.41, 5.74) is 3.71. The van der Waals surface area contributed by atoms with E-state index in [2.05, 4.69) is 35.5 Å². The molecule has 0 unspecified atom stereocenters. The molecule has 2 nitrogen and oxygen atoms in total. The van der Waals surface area contributed by atoms with Gasteiger partial charge in [-0.1, -0.05) is 0 Å². The Morgan fingerprint density at radius 3 is 1.91 bits per heavy atom. The van der Waals surface area contributed by atoms with Crippen LogP contribution in [0.4, 0.5) is 5.69 Å². The smallest absolute Gasteiger partial charge is 0.412 e. The van der Waals surface area contributed by atoms with Crippen molar-refractivity contribution in [1.29, 1.82) is 0 Å². The zero-order chi connectivity index (χ0) is 7.56. The van der Waals surface area contributed by atoms with E-state index in [4.69, 9.17) is 0 Å². The van der Waals surface area contributed by atoms with Gasteiger partial charge in [0, 0.05) is 0 Å². The summed E-state index contributed by atoms with van der Waals surface area (Å²) in [5, 5.41) is 0. The van der Waals surface area contributed by atoms with Gasteiger partial charge in [-0.2, -0.15) is 0 Å². The van der Waals surface area contributed by atoms with E-state index in [-0.39, 0.29) is 5.48 Å². The van der Waals surface area contributed by atoms with E-state index in [0.29, 0.717) is 0 Å². The van der Waals surface area contributed by atoms with Crippen LogP contribution in [0.2, 0.25) is 0 Å². The standard InChI is InChI=1S/C8H9N.H2O.W/c1-6-4-3-5-7(2)8(6)9;;/h3-5H,1-2H3;1H2;. The number of benzene rings is 1. The van der Waals surface area contributed by atoms with Crippen LogP contribution < -0.4 is 0 Å². The number of hydrogen-bond acceptors (Lipinski definition) is 1. The van der Waals surface area contributed by atoms with Crippen LogP contribution in [0.15, 0.2) is 21.7 Å². The molecule has 1 rings (SSSR count). The monoisotopic (exact) mass is 321 g/mol. The molecule has 0 aliphatic carbocycles. The molecular weight excluding hydrogens is 310 g/mol. The van der Waals surface area contributed by atoms with Crippen LogP contribution >= 0.6 is 0 Å². The molecule has 0 bridgehead atoms. The maximum atomic E-state index is 4.25. The molecule has 0 spiro atoms. The van der Waals surface area contributed by atoms with Gasteiger partial charge in [-0.15, -0.1) is 0 Å².